The Morgan fingerprint density at radius 1 is 1.54 bits per heavy atom. The average molecular weight is 241 g/mol. The molecular weight excluding hydrogens is 232 g/mol. The fourth-order valence-corrected chi connectivity index (χ4v) is 1.52. The highest BCUT2D eigenvalue weighted by Gasteiger charge is 2.03. The molecule has 0 aliphatic heterocycles. The maximum absolute atomic E-state index is 4.27. The summed E-state index contributed by atoms with van der Waals surface area (Å²) in [7, 11) is 0. The molecule has 0 spiro atoms. The lowest BCUT2D eigenvalue weighted by Crippen LogP contribution is -1.98. The first-order valence-corrected chi connectivity index (χ1v) is 4.85. The van der Waals surface area contributed by atoms with Crippen LogP contribution >= 0.6 is 15.9 Å². The molecule has 0 aliphatic carbocycles. The minimum Gasteiger partial charge on any atom is -0.353 e. The van der Waals surface area contributed by atoms with Gasteiger partial charge in [-0.2, -0.15) is 4.98 Å². The third-order valence-corrected chi connectivity index (χ3v) is 2.25. The van der Waals surface area contributed by atoms with E-state index in [4.69, 9.17) is 0 Å². The summed E-state index contributed by atoms with van der Waals surface area (Å²) in [6.07, 6.45) is 0. The number of pyridine rings is 1. The van der Waals surface area contributed by atoms with E-state index in [1.54, 1.807) is 4.52 Å². The standard InChI is InChI=1S/C8H9BrN4/c1-2-10-8-11-7-5-3-4-6(9)13(7)12-8/h3-5H,2H2,1H3,(H,10,12). The van der Waals surface area contributed by atoms with Crippen LogP contribution < -0.4 is 5.32 Å². The summed E-state index contributed by atoms with van der Waals surface area (Å²) in [5.41, 5.74) is 0.838. The molecule has 0 amide bonds. The molecule has 0 saturated carbocycles. The zero-order valence-electron chi connectivity index (χ0n) is 7.16. The molecular formula is C8H9BrN4. The summed E-state index contributed by atoms with van der Waals surface area (Å²) in [5, 5.41) is 7.31. The molecule has 1 N–H and O–H groups in total. The maximum atomic E-state index is 4.27. The topological polar surface area (TPSA) is 42.2 Å². The van der Waals surface area contributed by atoms with Crippen molar-refractivity contribution in [3.63, 3.8) is 0 Å². The number of nitrogens with one attached hydrogen (secondary N) is 1. The molecule has 0 bridgehead atoms. The number of halogens is 1. The molecule has 4 nitrogen and oxygen atoms in total. The minimum atomic E-state index is 0.661. The normalized spacial score (nSPS) is 10.6. The van der Waals surface area contributed by atoms with Crippen molar-refractivity contribution in [2.24, 2.45) is 0 Å². The van der Waals surface area contributed by atoms with Gasteiger partial charge in [-0.25, -0.2) is 4.52 Å². The van der Waals surface area contributed by atoms with Gasteiger partial charge >= 0.3 is 0 Å². The molecule has 0 aromatic carbocycles. The minimum absolute atomic E-state index is 0.661. The Morgan fingerprint density at radius 2 is 2.38 bits per heavy atom. The van der Waals surface area contributed by atoms with Crippen LogP contribution in [-0.4, -0.2) is 21.1 Å². The van der Waals surface area contributed by atoms with Gasteiger partial charge in [0.2, 0.25) is 5.95 Å². The fourth-order valence-electron chi connectivity index (χ4n) is 1.11. The van der Waals surface area contributed by atoms with Gasteiger partial charge in [-0.3, -0.25) is 0 Å². The van der Waals surface area contributed by atoms with Crippen LogP contribution in [0.4, 0.5) is 5.95 Å². The molecule has 2 aromatic heterocycles. The van der Waals surface area contributed by atoms with E-state index in [1.165, 1.54) is 0 Å². The van der Waals surface area contributed by atoms with Crippen molar-refractivity contribution in [1.29, 1.82) is 0 Å². The summed E-state index contributed by atoms with van der Waals surface area (Å²) in [6, 6.07) is 5.78. The highest BCUT2D eigenvalue weighted by Crippen LogP contribution is 2.12. The van der Waals surface area contributed by atoms with Gasteiger partial charge in [0, 0.05) is 6.54 Å². The molecule has 0 unspecified atom stereocenters. The maximum Gasteiger partial charge on any atom is 0.243 e. The van der Waals surface area contributed by atoms with Gasteiger partial charge in [-0.15, -0.1) is 5.10 Å². The van der Waals surface area contributed by atoms with E-state index in [1.807, 2.05) is 25.1 Å². The number of nitrogens with zero attached hydrogens (tertiary/aromatic N) is 3. The lowest BCUT2D eigenvalue weighted by atomic mass is 10.5. The van der Waals surface area contributed by atoms with Crippen molar-refractivity contribution >= 4 is 27.5 Å². The van der Waals surface area contributed by atoms with Crippen LogP contribution in [0.25, 0.3) is 5.65 Å². The van der Waals surface area contributed by atoms with Gasteiger partial charge in [-0.05, 0) is 35.0 Å². The zero-order valence-corrected chi connectivity index (χ0v) is 8.74. The number of rotatable bonds is 2. The van der Waals surface area contributed by atoms with Crippen LogP contribution in [0.15, 0.2) is 22.8 Å². The van der Waals surface area contributed by atoms with Crippen molar-refractivity contribution in [2.45, 2.75) is 6.92 Å². The second-order valence-corrected chi connectivity index (χ2v) is 3.40. The van der Waals surface area contributed by atoms with Crippen molar-refractivity contribution in [3.05, 3.63) is 22.8 Å². The van der Waals surface area contributed by atoms with Crippen LogP contribution in [0.2, 0.25) is 0 Å². The van der Waals surface area contributed by atoms with Gasteiger partial charge < -0.3 is 5.32 Å². The Hall–Kier alpha value is -1.10. The largest absolute Gasteiger partial charge is 0.353 e. The third kappa shape index (κ3) is 1.51. The Bertz CT molecular complexity index is 423. The summed E-state index contributed by atoms with van der Waals surface area (Å²) < 4.78 is 2.65. The van der Waals surface area contributed by atoms with E-state index in [9.17, 15) is 0 Å². The Labute approximate surface area is 84.1 Å². The van der Waals surface area contributed by atoms with E-state index >= 15 is 0 Å². The molecule has 13 heavy (non-hydrogen) atoms. The molecule has 5 heteroatoms. The van der Waals surface area contributed by atoms with Gasteiger partial charge in [0.1, 0.15) is 4.60 Å². The first kappa shape index (κ1) is 8.50. The molecule has 2 heterocycles. The average Bonchev–Trinajstić information content (AvgIpc) is 2.49. The van der Waals surface area contributed by atoms with Crippen molar-refractivity contribution in [2.75, 3.05) is 11.9 Å². The third-order valence-electron chi connectivity index (χ3n) is 1.65. The fraction of sp³-hybridized carbons (Fsp3) is 0.250. The van der Waals surface area contributed by atoms with E-state index in [-0.39, 0.29) is 0 Å². The van der Waals surface area contributed by atoms with Crippen LogP contribution in [0.3, 0.4) is 0 Å². The van der Waals surface area contributed by atoms with Gasteiger partial charge in [0.25, 0.3) is 0 Å². The van der Waals surface area contributed by atoms with Crippen LogP contribution in [0.5, 0.6) is 0 Å². The molecule has 68 valence electrons. The SMILES string of the molecule is CCNc1nc2cccc(Br)n2n1. The Kier molecular flexibility index (Phi) is 2.18. The second-order valence-electron chi connectivity index (χ2n) is 2.58. The molecule has 0 aliphatic rings. The number of fused-ring (bicyclic) bond motifs is 1. The predicted molar refractivity (Wildman–Crippen MR) is 54.9 cm³/mol. The molecule has 0 radical (unpaired) electrons. The smallest absolute Gasteiger partial charge is 0.243 e. The zero-order chi connectivity index (χ0) is 9.26. The predicted octanol–water partition coefficient (Wildman–Crippen LogP) is 1.92. The molecule has 2 rings (SSSR count). The summed E-state index contributed by atoms with van der Waals surface area (Å²) >= 11 is 3.39. The van der Waals surface area contributed by atoms with Crippen LogP contribution in [0, 0.1) is 0 Å². The summed E-state index contributed by atoms with van der Waals surface area (Å²) in [6.45, 7) is 2.84. The highest BCUT2D eigenvalue weighted by atomic mass is 79.9. The van der Waals surface area contributed by atoms with Crippen molar-refractivity contribution < 1.29 is 0 Å². The number of hydrogen-bond acceptors (Lipinski definition) is 3. The lowest BCUT2D eigenvalue weighted by Gasteiger charge is -1.92. The van der Waals surface area contributed by atoms with E-state index in [2.05, 4.69) is 31.3 Å². The molecule has 0 fully saturated rings. The van der Waals surface area contributed by atoms with Gasteiger partial charge in [-0.1, -0.05) is 6.07 Å². The number of anilines is 1. The van der Waals surface area contributed by atoms with Crippen LogP contribution in [-0.2, 0) is 0 Å². The molecule has 0 atom stereocenters. The molecule has 2 aromatic rings. The van der Waals surface area contributed by atoms with E-state index in [0.29, 0.717) is 5.95 Å². The van der Waals surface area contributed by atoms with Gasteiger partial charge in [0.15, 0.2) is 5.65 Å². The monoisotopic (exact) mass is 240 g/mol. The quantitative estimate of drug-likeness (QED) is 0.817. The summed E-state index contributed by atoms with van der Waals surface area (Å²) in [4.78, 5) is 4.27. The Morgan fingerprint density at radius 3 is 3.08 bits per heavy atom. The number of aromatic nitrogens is 3. The Balaban J connectivity index is 2.55. The second kappa shape index (κ2) is 3.33. The van der Waals surface area contributed by atoms with Crippen molar-refractivity contribution in [1.82, 2.24) is 14.6 Å². The first-order chi connectivity index (χ1) is 6.31. The molecule has 0 saturated heterocycles. The van der Waals surface area contributed by atoms with Crippen LogP contribution in [0.1, 0.15) is 6.92 Å². The highest BCUT2D eigenvalue weighted by molar-refractivity contribution is 9.10. The van der Waals surface area contributed by atoms with E-state index in [0.717, 1.165) is 16.8 Å². The lowest BCUT2D eigenvalue weighted by molar-refractivity contribution is 0.931. The van der Waals surface area contributed by atoms with Crippen molar-refractivity contribution in [3.8, 4) is 0 Å². The number of hydrogen-bond donors (Lipinski definition) is 1. The first-order valence-electron chi connectivity index (χ1n) is 4.06. The van der Waals surface area contributed by atoms with E-state index < -0.39 is 0 Å². The summed E-state index contributed by atoms with van der Waals surface area (Å²) in [5.74, 6) is 0.661. The van der Waals surface area contributed by atoms with Gasteiger partial charge in [0.05, 0.1) is 0 Å².